The summed E-state index contributed by atoms with van der Waals surface area (Å²) in [5.41, 5.74) is 1.69. The van der Waals surface area contributed by atoms with Crippen LogP contribution in [0.4, 0.5) is 5.69 Å². The molecule has 0 bridgehead atoms. The molecule has 3 aromatic rings. The Labute approximate surface area is 193 Å². The van der Waals surface area contributed by atoms with Gasteiger partial charge < -0.3 is 9.84 Å². The Kier molecular flexibility index (Phi) is 6.83. The predicted molar refractivity (Wildman–Crippen MR) is 127 cm³/mol. The number of para-hydroxylation sites is 1. The molecule has 1 atom stereocenters. The summed E-state index contributed by atoms with van der Waals surface area (Å²) in [4.78, 5) is 31.7. The molecule has 6 nitrogen and oxygen atoms in total. The highest BCUT2D eigenvalue weighted by atomic mass is 16.5. The van der Waals surface area contributed by atoms with Crippen molar-refractivity contribution < 1.29 is 19.4 Å². The minimum absolute atomic E-state index is 0.0356. The molecule has 4 rings (SSSR count). The Morgan fingerprint density at radius 1 is 1.00 bits per heavy atom. The number of ketones is 1. The number of carbonyl (C=O) groups excluding carboxylic acids is 2. The summed E-state index contributed by atoms with van der Waals surface area (Å²) < 4.78 is 5.74. The van der Waals surface area contributed by atoms with Gasteiger partial charge in [-0.15, -0.1) is 0 Å². The first-order chi connectivity index (χ1) is 16.1. The van der Waals surface area contributed by atoms with Crippen LogP contribution >= 0.6 is 0 Å². The van der Waals surface area contributed by atoms with Crippen LogP contribution in [0.1, 0.15) is 43.4 Å². The third kappa shape index (κ3) is 4.65. The highest BCUT2D eigenvalue weighted by Crippen LogP contribution is 2.41. The fourth-order valence-corrected chi connectivity index (χ4v) is 3.95. The molecule has 1 unspecified atom stereocenters. The van der Waals surface area contributed by atoms with Gasteiger partial charge in [-0.3, -0.25) is 19.5 Å². The van der Waals surface area contributed by atoms with Gasteiger partial charge in [-0.1, -0.05) is 44.0 Å². The summed E-state index contributed by atoms with van der Waals surface area (Å²) in [7, 11) is 0. The van der Waals surface area contributed by atoms with Crippen molar-refractivity contribution >= 4 is 23.1 Å². The number of rotatable bonds is 8. The van der Waals surface area contributed by atoms with Crippen LogP contribution in [0.25, 0.3) is 5.76 Å². The highest BCUT2D eigenvalue weighted by Gasteiger charge is 2.47. The van der Waals surface area contributed by atoms with Gasteiger partial charge in [-0.05, 0) is 54.4 Å². The van der Waals surface area contributed by atoms with Crippen LogP contribution in [0.15, 0.2) is 84.7 Å². The fourth-order valence-electron chi connectivity index (χ4n) is 3.95. The van der Waals surface area contributed by atoms with E-state index in [-0.39, 0.29) is 11.3 Å². The van der Waals surface area contributed by atoms with Gasteiger partial charge >= 0.3 is 0 Å². The van der Waals surface area contributed by atoms with Crippen LogP contribution in [0.2, 0.25) is 0 Å². The number of aromatic nitrogens is 1. The second-order valence-corrected chi connectivity index (χ2v) is 7.87. The number of carbonyl (C=O) groups is 2. The number of amides is 1. The standard InChI is InChI=1S/C27H26N2O4/c1-2-3-7-17-33-22-14-12-19(13-15-22)25(30)23-24(20-9-8-16-28-18-20)29(27(32)26(23)31)21-10-5-4-6-11-21/h4-6,8-16,18,24,30H,2-3,7,17H2,1H3/b25-23-. The monoisotopic (exact) mass is 442 g/mol. The average molecular weight is 443 g/mol. The molecule has 2 heterocycles. The summed E-state index contributed by atoms with van der Waals surface area (Å²) in [6.45, 7) is 2.76. The number of benzene rings is 2. The minimum atomic E-state index is -0.786. The van der Waals surface area contributed by atoms with Crippen LogP contribution in [0.3, 0.4) is 0 Å². The van der Waals surface area contributed by atoms with Gasteiger partial charge in [0.1, 0.15) is 11.5 Å². The maximum Gasteiger partial charge on any atom is 0.300 e. The van der Waals surface area contributed by atoms with Crippen molar-refractivity contribution in [2.45, 2.75) is 32.2 Å². The molecule has 1 aromatic heterocycles. The molecule has 1 fully saturated rings. The van der Waals surface area contributed by atoms with E-state index in [0.717, 1.165) is 19.3 Å². The van der Waals surface area contributed by atoms with Crippen LogP contribution in [-0.2, 0) is 9.59 Å². The van der Waals surface area contributed by atoms with Crippen molar-refractivity contribution in [2.75, 3.05) is 11.5 Å². The molecule has 0 spiro atoms. The molecule has 2 aromatic carbocycles. The van der Waals surface area contributed by atoms with Gasteiger partial charge in [-0.2, -0.15) is 0 Å². The summed E-state index contributed by atoms with van der Waals surface area (Å²) in [5, 5.41) is 11.2. The number of ether oxygens (including phenoxy) is 1. The van der Waals surface area contributed by atoms with Gasteiger partial charge in [0.05, 0.1) is 18.2 Å². The SMILES string of the molecule is CCCCCOc1ccc(/C(O)=C2/C(=O)C(=O)N(c3ccccc3)C2c2cccnc2)cc1. The summed E-state index contributed by atoms with van der Waals surface area (Å²) in [6.07, 6.45) is 6.43. The largest absolute Gasteiger partial charge is 0.507 e. The van der Waals surface area contributed by atoms with E-state index >= 15 is 0 Å². The van der Waals surface area contributed by atoms with Crippen molar-refractivity contribution in [3.05, 3.63) is 95.8 Å². The number of Topliss-reactive ketones (excluding diaryl/α,β-unsaturated/α-hetero) is 1. The van der Waals surface area contributed by atoms with E-state index in [2.05, 4.69) is 11.9 Å². The molecule has 33 heavy (non-hydrogen) atoms. The van der Waals surface area contributed by atoms with Gasteiger partial charge in [0.25, 0.3) is 11.7 Å². The van der Waals surface area contributed by atoms with Crippen LogP contribution < -0.4 is 9.64 Å². The number of pyridine rings is 1. The van der Waals surface area contributed by atoms with Gasteiger partial charge in [0, 0.05) is 23.6 Å². The average Bonchev–Trinajstić information content (AvgIpc) is 3.13. The van der Waals surface area contributed by atoms with Gasteiger partial charge in [0.15, 0.2) is 0 Å². The second kappa shape index (κ2) is 10.1. The molecule has 1 saturated heterocycles. The summed E-state index contributed by atoms with van der Waals surface area (Å²) in [5.74, 6) is -0.952. The number of aliphatic hydroxyl groups is 1. The maximum atomic E-state index is 13.1. The molecule has 0 saturated carbocycles. The van der Waals surface area contributed by atoms with Crippen molar-refractivity contribution in [1.82, 2.24) is 4.98 Å². The zero-order valence-corrected chi connectivity index (χ0v) is 18.5. The fraction of sp³-hybridized carbons (Fsp3) is 0.222. The molecule has 168 valence electrons. The highest BCUT2D eigenvalue weighted by molar-refractivity contribution is 6.51. The first-order valence-corrected chi connectivity index (χ1v) is 11.1. The first-order valence-electron chi connectivity index (χ1n) is 11.1. The number of nitrogens with zero attached hydrogens (tertiary/aromatic N) is 2. The predicted octanol–water partition coefficient (Wildman–Crippen LogP) is 5.28. The van der Waals surface area contributed by atoms with Crippen molar-refractivity contribution in [3.8, 4) is 5.75 Å². The Hall–Kier alpha value is -3.93. The van der Waals surface area contributed by atoms with E-state index < -0.39 is 17.7 Å². The zero-order valence-electron chi connectivity index (χ0n) is 18.5. The summed E-state index contributed by atoms with van der Waals surface area (Å²) >= 11 is 0. The number of hydrogen-bond donors (Lipinski definition) is 1. The lowest BCUT2D eigenvalue weighted by Crippen LogP contribution is -2.29. The van der Waals surface area contributed by atoms with Crippen molar-refractivity contribution in [1.29, 1.82) is 0 Å². The van der Waals surface area contributed by atoms with Crippen LogP contribution in [0, 0.1) is 0 Å². The second-order valence-electron chi connectivity index (χ2n) is 7.87. The molecule has 1 amide bonds. The lowest BCUT2D eigenvalue weighted by molar-refractivity contribution is -0.132. The third-order valence-corrected chi connectivity index (χ3v) is 5.62. The van der Waals surface area contributed by atoms with E-state index in [0.29, 0.717) is 29.2 Å². The maximum absolute atomic E-state index is 13.1. The lowest BCUT2D eigenvalue weighted by atomic mass is 9.96. The molecule has 1 aliphatic heterocycles. The minimum Gasteiger partial charge on any atom is -0.507 e. The lowest BCUT2D eigenvalue weighted by Gasteiger charge is -2.25. The molecule has 6 heteroatoms. The molecular formula is C27H26N2O4. The van der Waals surface area contributed by atoms with E-state index in [9.17, 15) is 14.7 Å². The van der Waals surface area contributed by atoms with Crippen LogP contribution in [-0.4, -0.2) is 28.4 Å². The van der Waals surface area contributed by atoms with Crippen molar-refractivity contribution in [2.24, 2.45) is 0 Å². The number of aliphatic hydroxyl groups excluding tert-OH is 1. The van der Waals surface area contributed by atoms with Crippen molar-refractivity contribution in [3.63, 3.8) is 0 Å². The molecule has 1 aliphatic rings. The van der Waals surface area contributed by atoms with E-state index in [1.54, 1.807) is 73.1 Å². The molecule has 0 radical (unpaired) electrons. The first kappa shape index (κ1) is 22.3. The third-order valence-electron chi connectivity index (χ3n) is 5.62. The number of hydrogen-bond acceptors (Lipinski definition) is 5. The van der Waals surface area contributed by atoms with Gasteiger partial charge in [-0.25, -0.2) is 0 Å². The smallest absolute Gasteiger partial charge is 0.300 e. The molecular weight excluding hydrogens is 416 g/mol. The number of unbranched alkanes of at least 4 members (excludes halogenated alkanes) is 2. The van der Waals surface area contributed by atoms with E-state index in [1.165, 1.54) is 4.90 Å². The molecule has 1 N–H and O–H groups in total. The van der Waals surface area contributed by atoms with Crippen LogP contribution in [0.5, 0.6) is 5.75 Å². The Morgan fingerprint density at radius 2 is 1.76 bits per heavy atom. The summed E-state index contributed by atoms with van der Waals surface area (Å²) in [6, 6.07) is 18.6. The quantitative estimate of drug-likeness (QED) is 0.222. The van der Waals surface area contributed by atoms with E-state index in [4.69, 9.17) is 4.74 Å². The Bertz CT molecular complexity index is 1140. The topological polar surface area (TPSA) is 79.7 Å². The van der Waals surface area contributed by atoms with Gasteiger partial charge in [0.2, 0.25) is 0 Å². The van der Waals surface area contributed by atoms with E-state index in [1.807, 2.05) is 6.07 Å². The molecule has 0 aliphatic carbocycles. The Balaban J connectivity index is 1.72. The Morgan fingerprint density at radius 3 is 2.42 bits per heavy atom. The zero-order chi connectivity index (χ0) is 23.2. The number of anilines is 1. The normalized spacial score (nSPS) is 17.4.